The van der Waals surface area contributed by atoms with Gasteiger partial charge in [0.05, 0.1) is 5.69 Å². The molecule has 0 radical (unpaired) electrons. The molecule has 1 aromatic rings. The van der Waals surface area contributed by atoms with Gasteiger partial charge in [0.15, 0.2) is 0 Å². The third-order valence-electron chi connectivity index (χ3n) is 2.07. The summed E-state index contributed by atoms with van der Waals surface area (Å²) >= 11 is 0. The lowest BCUT2D eigenvalue weighted by molar-refractivity contribution is -0.127. The third-order valence-corrected chi connectivity index (χ3v) is 2.07. The Balaban J connectivity index is 2.28. The van der Waals surface area contributed by atoms with E-state index in [9.17, 15) is 9.59 Å². The molecule has 15 heavy (non-hydrogen) atoms. The SMILES string of the molecule is C[C@@H]1NC(=O)ON(c2ccccc2)C1=O. The molecule has 1 fully saturated rings. The second-order valence-electron chi connectivity index (χ2n) is 3.21. The summed E-state index contributed by atoms with van der Waals surface area (Å²) < 4.78 is 0. The summed E-state index contributed by atoms with van der Waals surface area (Å²) in [6, 6.07) is 8.19. The molecule has 0 aromatic heterocycles. The van der Waals surface area contributed by atoms with E-state index in [0.29, 0.717) is 5.69 Å². The molecule has 0 spiro atoms. The van der Waals surface area contributed by atoms with Gasteiger partial charge >= 0.3 is 6.09 Å². The van der Waals surface area contributed by atoms with Crippen LogP contribution in [0, 0.1) is 0 Å². The van der Waals surface area contributed by atoms with Crippen LogP contribution >= 0.6 is 0 Å². The first kappa shape index (κ1) is 9.51. The van der Waals surface area contributed by atoms with Crippen LogP contribution in [-0.4, -0.2) is 18.0 Å². The number of para-hydroxylation sites is 1. The number of anilines is 1. The fourth-order valence-electron chi connectivity index (χ4n) is 1.31. The van der Waals surface area contributed by atoms with Crippen molar-refractivity contribution in [3.8, 4) is 0 Å². The number of rotatable bonds is 1. The van der Waals surface area contributed by atoms with Crippen molar-refractivity contribution in [2.24, 2.45) is 0 Å². The molecule has 1 aromatic carbocycles. The van der Waals surface area contributed by atoms with E-state index in [1.807, 2.05) is 6.07 Å². The van der Waals surface area contributed by atoms with Crippen LogP contribution in [0.25, 0.3) is 0 Å². The van der Waals surface area contributed by atoms with Crippen molar-refractivity contribution in [3.05, 3.63) is 30.3 Å². The van der Waals surface area contributed by atoms with Crippen LogP contribution in [0.5, 0.6) is 0 Å². The Kier molecular flexibility index (Phi) is 2.29. The minimum Gasteiger partial charge on any atom is -0.314 e. The van der Waals surface area contributed by atoms with Gasteiger partial charge in [-0.1, -0.05) is 18.2 Å². The van der Waals surface area contributed by atoms with Gasteiger partial charge in [0.1, 0.15) is 6.04 Å². The molecule has 1 N–H and O–H groups in total. The average Bonchev–Trinajstić information content (AvgIpc) is 2.24. The van der Waals surface area contributed by atoms with Gasteiger partial charge in [0.25, 0.3) is 5.91 Å². The minimum absolute atomic E-state index is 0.291. The topological polar surface area (TPSA) is 58.6 Å². The third kappa shape index (κ3) is 1.76. The average molecular weight is 206 g/mol. The first-order valence-corrected chi connectivity index (χ1v) is 4.56. The van der Waals surface area contributed by atoms with Crippen LogP contribution in [0.4, 0.5) is 10.5 Å². The van der Waals surface area contributed by atoms with E-state index in [-0.39, 0.29) is 5.91 Å². The Labute approximate surface area is 86.6 Å². The van der Waals surface area contributed by atoms with Crippen LogP contribution in [0.2, 0.25) is 0 Å². The van der Waals surface area contributed by atoms with Gasteiger partial charge in [0.2, 0.25) is 0 Å². The molecule has 0 bridgehead atoms. The summed E-state index contributed by atoms with van der Waals surface area (Å²) in [6.07, 6.45) is -0.619. The number of amides is 2. The molecule has 1 aliphatic heterocycles. The summed E-state index contributed by atoms with van der Waals surface area (Å²) in [5, 5.41) is 3.38. The molecule has 0 unspecified atom stereocenters. The fourth-order valence-corrected chi connectivity index (χ4v) is 1.31. The maximum atomic E-state index is 11.7. The van der Waals surface area contributed by atoms with E-state index in [2.05, 4.69) is 5.32 Å². The summed E-state index contributed by atoms with van der Waals surface area (Å²) in [5.41, 5.74) is 0.546. The molecule has 78 valence electrons. The van der Waals surface area contributed by atoms with Crippen LogP contribution in [0.15, 0.2) is 30.3 Å². The van der Waals surface area contributed by atoms with E-state index >= 15 is 0 Å². The number of nitrogens with zero attached hydrogens (tertiary/aromatic N) is 1. The highest BCUT2D eigenvalue weighted by Gasteiger charge is 2.32. The van der Waals surface area contributed by atoms with Crippen molar-refractivity contribution in [2.45, 2.75) is 13.0 Å². The van der Waals surface area contributed by atoms with Crippen molar-refractivity contribution in [1.82, 2.24) is 5.32 Å². The van der Waals surface area contributed by atoms with E-state index in [1.165, 1.54) is 0 Å². The number of carbonyl (C=O) groups is 2. The smallest absolute Gasteiger partial charge is 0.314 e. The molecule has 1 aliphatic rings. The van der Waals surface area contributed by atoms with E-state index in [4.69, 9.17) is 4.84 Å². The molecule has 5 nitrogen and oxygen atoms in total. The van der Waals surface area contributed by atoms with Gasteiger partial charge in [-0.3, -0.25) is 4.79 Å². The van der Waals surface area contributed by atoms with E-state index < -0.39 is 12.1 Å². The van der Waals surface area contributed by atoms with Gasteiger partial charge in [0, 0.05) is 0 Å². The quantitative estimate of drug-likeness (QED) is 0.747. The van der Waals surface area contributed by atoms with Crippen molar-refractivity contribution in [3.63, 3.8) is 0 Å². The molecular weight excluding hydrogens is 196 g/mol. The highest BCUT2D eigenvalue weighted by atomic mass is 16.7. The summed E-state index contributed by atoms with van der Waals surface area (Å²) in [6.45, 7) is 1.61. The monoisotopic (exact) mass is 206 g/mol. The zero-order valence-corrected chi connectivity index (χ0v) is 8.14. The normalized spacial score (nSPS) is 20.9. The number of hydrogen-bond donors (Lipinski definition) is 1. The van der Waals surface area contributed by atoms with Crippen molar-refractivity contribution >= 4 is 17.7 Å². The minimum atomic E-state index is -0.619. The number of benzene rings is 1. The molecule has 1 saturated heterocycles. The Morgan fingerprint density at radius 3 is 2.60 bits per heavy atom. The van der Waals surface area contributed by atoms with Gasteiger partial charge < -0.3 is 10.2 Å². The number of carbonyl (C=O) groups excluding carboxylic acids is 2. The lowest BCUT2D eigenvalue weighted by atomic mass is 10.2. The van der Waals surface area contributed by atoms with Crippen molar-refractivity contribution in [2.75, 3.05) is 5.06 Å². The first-order chi connectivity index (χ1) is 7.18. The number of nitrogens with one attached hydrogen (secondary N) is 1. The molecule has 1 heterocycles. The van der Waals surface area contributed by atoms with Crippen LogP contribution in [-0.2, 0) is 9.63 Å². The maximum absolute atomic E-state index is 11.7. The lowest BCUT2D eigenvalue weighted by Crippen LogP contribution is -2.55. The molecule has 2 amide bonds. The second-order valence-corrected chi connectivity index (χ2v) is 3.21. The molecule has 5 heteroatoms. The van der Waals surface area contributed by atoms with Gasteiger partial charge in [-0.15, -0.1) is 5.06 Å². The van der Waals surface area contributed by atoms with Crippen LogP contribution in [0.3, 0.4) is 0 Å². The van der Waals surface area contributed by atoms with Gasteiger partial charge in [-0.25, -0.2) is 4.79 Å². The first-order valence-electron chi connectivity index (χ1n) is 4.56. The molecule has 2 rings (SSSR count). The Bertz CT molecular complexity index is 391. The van der Waals surface area contributed by atoms with E-state index in [1.54, 1.807) is 31.2 Å². The molecule has 1 atom stereocenters. The standard InChI is InChI=1S/C10H10N2O3/c1-7-9(13)12(15-10(14)11-7)8-5-3-2-4-6-8/h2-7H,1H3,(H,11,14)/t7-/m0/s1. The Morgan fingerprint density at radius 1 is 1.27 bits per heavy atom. The summed E-state index contributed by atoms with van der Waals surface area (Å²) in [7, 11) is 0. The Hall–Kier alpha value is -2.04. The largest absolute Gasteiger partial charge is 0.432 e. The van der Waals surface area contributed by atoms with E-state index in [0.717, 1.165) is 5.06 Å². The predicted molar refractivity (Wildman–Crippen MR) is 53.0 cm³/mol. The highest BCUT2D eigenvalue weighted by Crippen LogP contribution is 2.17. The maximum Gasteiger partial charge on any atom is 0.432 e. The highest BCUT2D eigenvalue weighted by molar-refractivity contribution is 6.00. The number of hydroxylamine groups is 1. The number of hydrogen-bond acceptors (Lipinski definition) is 3. The zero-order valence-electron chi connectivity index (χ0n) is 8.14. The lowest BCUT2D eigenvalue weighted by Gasteiger charge is -2.29. The van der Waals surface area contributed by atoms with Gasteiger partial charge in [-0.2, -0.15) is 0 Å². The fraction of sp³-hybridized carbons (Fsp3) is 0.200. The van der Waals surface area contributed by atoms with Gasteiger partial charge in [-0.05, 0) is 19.1 Å². The predicted octanol–water partition coefficient (Wildman–Crippen LogP) is 1.06. The van der Waals surface area contributed by atoms with Crippen LogP contribution < -0.4 is 10.4 Å². The second kappa shape index (κ2) is 3.61. The summed E-state index contributed by atoms with van der Waals surface area (Å²) in [4.78, 5) is 27.5. The zero-order chi connectivity index (χ0) is 10.8. The van der Waals surface area contributed by atoms with Crippen molar-refractivity contribution < 1.29 is 14.4 Å². The van der Waals surface area contributed by atoms with Crippen molar-refractivity contribution in [1.29, 1.82) is 0 Å². The molecular formula is C10H10N2O3. The Morgan fingerprint density at radius 2 is 1.93 bits per heavy atom. The molecule has 0 aliphatic carbocycles. The molecule has 0 saturated carbocycles. The van der Waals surface area contributed by atoms with Crippen LogP contribution in [0.1, 0.15) is 6.92 Å². The summed E-state index contributed by atoms with van der Waals surface area (Å²) in [5.74, 6) is -0.291.